The van der Waals surface area contributed by atoms with E-state index in [4.69, 9.17) is 0 Å². The van der Waals surface area contributed by atoms with Gasteiger partial charge in [0.1, 0.15) is 10.7 Å². The molecule has 0 aliphatic heterocycles. The van der Waals surface area contributed by atoms with E-state index >= 15 is 0 Å². The van der Waals surface area contributed by atoms with E-state index in [2.05, 4.69) is 19.9 Å². The zero-order valence-corrected chi connectivity index (χ0v) is 11.9. The third-order valence-electron chi connectivity index (χ3n) is 2.81. The van der Waals surface area contributed by atoms with Crippen LogP contribution in [0.3, 0.4) is 0 Å². The summed E-state index contributed by atoms with van der Waals surface area (Å²) in [6.45, 7) is 1.75. The molecule has 0 amide bonds. The van der Waals surface area contributed by atoms with E-state index in [1.807, 2.05) is 0 Å². The van der Waals surface area contributed by atoms with Gasteiger partial charge < -0.3 is 9.55 Å². The minimum absolute atomic E-state index is 0.173. The normalized spacial score (nSPS) is 12.2. The van der Waals surface area contributed by atoms with Crippen LogP contribution in [0.4, 0.5) is 13.2 Å². The summed E-state index contributed by atoms with van der Waals surface area (Å²) in [6, 6.07) is 1.72. The Labute approximate surface area is 121 Å². The SMILES string of the molecule is Cc1cc2c(Sc3nccn3C)nc(C(F)(F)F)nc2[nH]1. The molecule has 0 radical (unpaired) electrons. The lowest BCUT2D eigenvalue weighted by molar-refractivity contribution is -0.145. The molecule has 0 bridgehead atoms. The molecule has 21 heavy (non-hydrogen) atoms. The maximum atomic E-state index is 12.9. The zero-order valence-electron chi connectivity index (χ0n) is 11.1. The van der Waals surface area contributed by atoms with Gasteiger partial charge in [0, 0.05) is 25.1 Å². The van der Waals surface area contributed by atoms with E-state index in [1.54, 1.807) is 37.0 Å². The van der Waals surface area contributed by atoms with E-state index in [0.717, 1.165) is 17.5 Å². The summed E-state index contributed by atoms with van der Waals surface area (Å²) in [6.07, 6.45) is -1.30. The van der Waals surface area contributed by atoms with E-state index in [0.29, 0.717) is 10.5 Å². The van der Waals surface area contributed by atoms with Crippen LogP contribution in [-0.4, -0.2) is 24.5 Å². The first-order valence-electron chi connectivity index (χ1n) is 5.94. The molecule has 3 aromatic heterocycles. The Bertz CT molecular complexity index is 805. The van der Waals surface area contributed by atoms with Crippen LogP contribution in [0.15, 0.2) is 28.6 Å². The number of rotatable bonds is 2. The summed E-state index contributed by atoms with van der Waals surface area (Å²) >= 11 is 1.07. The Morgan fingerprint density at radius 3 is 2.67 bits per heavy atom. The fourth-order valence-electron chi connectivity index (χ4n) is 1.85. The molecule has 0 saturated carbocycles. The van der Waals surface area contributed by atoms with Crippen LogP contribution in [0.2, 0.25) is 0 Å². The lowest BCUT2D eigenvalue weighted by Crippen LogP contribution is -2.11. The summed E-state index contributed by atoms with van der Waals surface area (Å²) < 4.78 is 40.4. The number of nitrogens with one attached hydrogen (secondary N) is 1. The molecule has 110 valence electrons. The number of alkyl halides is 3. The van der Waals surface area contributed by atoms with Crippen molar-refractivity contribution in [2.45, 2.75) is 23.3 Å². The van der Waals surface area contributed by atoms with Gasteiger partial charge in [-0.25, -0.2) is 15.0 Å². The second kappa shape index (κ2) is 4.76. The first kappa shape index (κ1) is 13.9. The van der Waals surface area contributed by atoms with Crippen LogP contribution in [0, 0.1) is 6.92 Å². The van der Waals surface area contributed by atoms with Crippen molar-refractivity contribution >= 4 is 22.8 Å². The van der Waals surface area contributed by atoms with Gasteiger partial charge in [-0.1, -0.05) is 0 Å². The second-order valence-corrected chi connectivity index (χ2v) is 5.44. The van der Waals surface area contributed by atoms with Crippen molar-refractivity contribution in [3.63, 3.8) is 0 Å². The molecule has 0 aliphatic carbocycles. The minimum atomic E-state index is -4.59. The van der Waals surface area contributed by atoms with Gasteiger partial charge in [-0.3, -0.25) is 0 Å². The van der Waals surface area contributed by atoms with Crippen LogP contribution in [0.1, 0.15) is 11.5 Å². The third-order valence-corrected chi connectivity index (χ3v) is 3.89. The molecule has 0 fully saturated rings. The van der Waals surface area contributed by atoms with Crippen molar-refractivity contribution in [1.82, 2.24) is 24.5 Å². The first-order valence-corrected chi connectivity index (χ1v) is 6.76. The lowest BCUT2D eigenvalue weighted by Gasteiger charge is -2.08. The number of fused-ring (bicyclic) bond motifs is 1. The average molecular weight is 313 g/mol. The third kappa shape index (κ3) is 2.60. The van der Waals surface area contributed by atoms with Gasteiger partial charge in [0.05, 0.1) is 5.39 Å². The van der Waals surface area contributed by atoms with E-state index in [-0.39, 0.29) is 10.7 Å². The van der Waals surface area contributed by atoms with Crippen molar-refractivity contribution < 1.29 is 13.2 Å². The van der Waals surface area contributed by atoms with E-state index in [1.165, 1.54) is 0 Å². The molecule has 0 aliphatic rings. The van der Waals surface area contributed by atoms with Crippen LogP contribution >= 0.6 is 11.8 Å². The Morgan fingerprint density at radius 1 is 1.29 bits per heavy atom. The molecular formula is C12H10F3N5S. The molecule has 9 heteroatoms. The number of aromatic amines is 1. The molecule has 0 saturated heterocycles. The summed E-state index contributed by atoms with van der Waals surface area (Å²) in [7, 11) is 1.76. The summed E-state index contributed by atoms with van der Waals surface area (Å²) in [4.78, 5) is 14.1. The largest absolute Gasteiger partial charge is 0.451 e. The summed E-state index contributed by atoms with van der Waals surface area (Å²) in [5.41, 5.74) is 0.895. The minimum Gasteiger partial charge on any atom is -0.343 e. The molecule has 0 spiro atoms. The molecule has 5 nitrogen and oxygen atoms in total. The van der Waals surface area contributed by atoms with Gasteiger partial charge in [-0.2, -0.15) is 13.2 Å². The number of nitrogens with zero attached hydrogens (tertiary/aromatic N) is 4. The highest BCUT2D eigenvalue weighted by molar-refractivity contribution is 7.99. The number of imidazole rings is 1. The second-order valence-electron chi connectivity index (χ2n) is 4.49. The molecule has 0 atom stereocenters. The van der Waals surface area contributed by atoms with Gasteiger partial charge >= 0.3 is 6.18 Å². The highest BCUT2D eigenvalue weighted by atomic mass is 32.2. The fourth-order valence-corrected chi connectivity index (χ4v) is 2.74. The van der Waals surface area contributed by atoms with E-state index < -0.39 is 12.0 Å². The van der Waals surface area contributed by atoms with Gasteiger partial charge in [0.15, 0.2) is 5.16 Å². The maximum Gasteiger partial charge on any atom is 0.451 e. The Balaban J connectivity index is 2.17. The summed E-state index contributed by atoms with van der Waals surface area (Å²) in [5.74, 6) is -1.16. The topological polar surface area (TPSA) is 59.4 Å². The summed E-state index contributed by atoms with van der Waals surface area (Å²) in [5, 5.41) is 1.33. The maximum absolute atomic E-state index is 12.9. The van der Waals surface area contributed by atoms with Crippen molar-refractivity contribution in [3.05, 3.63) is 30.0 Å². The average Bonchev–Trinajstić information content (AvgIpc) is 2.94. The Morgan fingerprint density at radius 2 is 2.05 bits per heavy atom. The van der Waals surface area contributed by atoms with Gasteiger partial charge in [-0.15, -0.1) is 0 Å². The van der Waals surface area contributed by atoms with Crippen LogP contribution in [0.5, 0.6) is 0 Å². The van der Waals surface area contributed by atoms with Crippen molar-refractivity contribution in [2.24, 2.45) is 7.05 Å². The molecule has 3 rings (SSSR count). The molecule has 0 aromatic carbocycles. The van der Waals surface area contributed by atoms with Crippen LogP contribution < -0.4 is 0 Å². The molecular weight excluding hydrogens is 303 g/mol. The van der Waals surface area contributed by atoms with Gasteiger partial charge in [0.25, 0.3) is 0 Å². The number of halogens is 3. The molecule has 0 unspecified atom stereocenters. The Kier molecular flexibility index (Phi) is 3.16. The van der Waals surface area contributed by atoms with Gasteiger partial charge in [0.2, 0.25) is 5.82 Å². The van der Waals surface area contributed by atoms with Crippen molar-refractivity contribution in [2.75, 3.05) is 0 Å². The predicted octanol–water partition coefficient (Wildman–Crippen LogP) is 3.17. The number of aryl methyl sites for hydroxylation is 2. The van der Waals surface area contributed by atoms with Gasteiger partial charge in [-0.05, 0) is 24.8 Å². The number of aromatic nitrogens is 5. The standard InChI is InChI=1S/C12H10F3N5S/c1-6-5-7-8(17-6)18-10(12(13,14)15)19-9(7)21-11-16-3-4-20(11)2/h3-5H,1-2H3,(H,17,18,19). The number of H-pyrrole nitrogens is 1. The van der Waals surface area contributed by atoms with Crippen molar-refractivity contribution in [3.8, 4) is 0 Å². The molecule has 3 heterocycles. The van der Waals surface area contributed by atoms with Crippen LogP contribution in [0.25, 0.3) is 11.0 Å². The number of hydrogen-bond acceptors (Lipinski definition) is 4. The quantitative estimate of drug-likeness (QED) is 0.738. The molecule has 3 aromatic rings. The predicted molar refractivity (Wildman–Crippen MR) is 71.0 cm³/mol. The monoisotopic (exact) mass is 313 g/mol. The Hall–Kier alpha value is -2.03. The molecule has 1 N–H and O–H groups in total. The lowest BCUT2D eigenvalue weighted by atomic mass is 10.4. The smallest absolute Gasteiger partial charge is 0.343 e. The van der Waals surface area contributed by atoms with Crippen molar-refractivity contribution in [1.29, 1.82) is 0 Å². The number of hydrogen-bond donors (Lipinski definition) is 1. The zero-order chi connectivity index (χ0) is 15.2. The van der Waals surface area contributed by atoms with Crippen LogP contribution in [-0.2, 0) is 13.2 Å². The van der Waals surface area contributed by atoms with E-state index in [9.17, 15) is 13.2 Å². The highest BCUT2D eigenvalue weighted by Crippen LogP contribution is 2.34. The first-order chi connectivity index (χ1) is 9.84. The highest BCUT2D eigenvalue weighted by Gasteiger charge is 2.36. The fraction of sp³-hybridized carbons (Fsp3) is 0.250.